The van der Waals surface area contributed by atoms with Gasteiger partial charge in [-0.2, -0.15) is 0 Å². The molecule has 3 heteroatoms. The fraction of sp³-hybridized carbons (Fsp3) is 0.562. The molecule has 0 radical (unpaired) electrons. The van der Waals surface area contributed by atoms with Gasteiger partial charge in [-0.3, -0.25) is 4.79 Å². The predicted molar refractivity (Wildman–Crippen MR) is 79.7 cm³/mol. The molecule has 0 aromatic heterocycles. The molecule has 2 unspecified atom stereocenters. The van der Waals surface area contributed by atoms with Gasteiger partial charge in [-0.1, -0.05) is 57.5 Å². The maximum Gasteiger partial charge on any atom is 0.237 e. The number of hydrogen-bond acceptors (Lipinski definition) is 2. The Kier molecular flexibility index (Phi) is 6.57. The third kappa shape index (κ3) is 5.43. The molecule has 0 heterocycles. The van der Waals surface area contributed by atoms with E-state index in [0.717, 1.165) is 24.8 Å². The van der Waals surface area contributed by atoms with Crippen LogP contribution in [0.25, 0.3) is 0 Å². The topological polar surface area (TPSA) is 55.1 Å². The number of carbonyl (C=O) groups excluding carboxylic acids is 1. The summed E-state index contributed by atoms with van der Waals surface area (Å²) in [4.78, 5) is 12.1. The van der Waals surface area contributed by atoms with Crippen molar-refractivity contribution in [3.05, 3.63) is 35.9 Å². The third-order valence-electron chi connectivity index (χ3n) is 3.16. The van der Waals surface area contributed by atoms with Crippen molar-refractivity contribution in [1.29, 1.82) is 0 Å². The first kappa shape index (κ1) is 15.7. The predicted octanol–water partition coefficient (Wildman–Crippen LogP) is 3.02. The van der Waals surface area contributed by atoms with Crippen molar-refractivity contribution < 1.29 is 4.79 Å². The van der Waals surface area contributed by atoms with E-state index in [4.69, 9.17) is 5.73 Å². The van der Waals surface area contributed by atoms with Gasteiger partial charge < -0.3 is 11.1 Å². The van der Waals surface area contributed by atoms with Crippen molar-refractivity contribution >= 4 is 5.91 Å². The number of benzene rings is 1. The number of rotatable bonds is 7. The van der Waals surface area contributed by atoms with Crippen LogP contribution in [0, 0.1) is 5.92 Å². The molecule has 0 spiro atoms. The van der Waals surface area contributed by atoms with E-state index < -0.39 is 6.04 Å². The zero-order valence-electron chi connectivity index (χ0n) is 12.2. The molecule has 0 saturated heterocycles. The molecule has 2 atom stereocenters. The summed E-state index contributed by atoms with van der Waals surface area (Å²) < 4.78 is 0. The highest BCUT2D eigenvalue weighted by Crippen LogP contribution is 2.18. The molecule has 0 saturated carbocycles. The van der Waals surface area contributed by atoms with Crippen LogP contribution in [0.3, 0.4) is 0 Å². The summed E-state index contributed by atoms with van der Waals surface area (Å²) in [6.07, 6.45) is 2.68. The van der Waals surface area contributed by atoms with Crippen molar-refractivity contribution in [2.45, 2.75) is 52.1 Å². The Bertz CT molecular complexity index is 376. The van der Waals surface area contributed by atoms with Gasteiger partial charge in [0.2, 0.25) is 5.91 Å². The molecule has 19 heavy (non-hydrogen) atoms. The van der Waals surface area contributed by atoms with Gasteiger partial charge in [0.1, 0.15) is 0 Å². The van der Waals surface area contributed by atoms with Crippen LogP contribution in [-0.2, 0) is 4.79 Å². The first-order valence-electron chi connectivity index (χ1n) is 7.15. The minimum atomic E-state index is -0.414. The van der Waals surface area contributed by atoms with Gasteiger partial charge in [-0.05, 0) is 24.3 Å². The minimum Gasteiger partial charge on any atom is -0.348 e. The summed E-state index contributed by atoms with van der Waals surface area (Å²) >= 11 is 0. The van der Waals surface area contributed by atoms with E-state index in [0.29, 0.717) is 5.92 Å². The van der Waals surface area contributed by atoms with Crippen LogP contribution in [0.2, 0.25) is 0 Å². The lowest BCUT2D eigenvalue weighted by molar-refractivity contribution is -0.123. The van der Waals surface area contributed by atoms with E-state index in [9.17, 15) is 4.79 Å². The summed E-state index contributed by atoms with van der Waals surface area (Å²) in [5.41, 5.74) is 7.08. The van der Waals surface area contributed by atoms with E-state index in [1.807, 2.05) is 18.2 Å². The highest BCUT2D eigenvalue weighted by molar-refractivity contribution is 5.81. The molecule has 0 aliphatic carbocycles. The molecule has 1 aromatic carbocycles. The Balaban J connectivity index is 2.66. The molecule has 1 aromatic rings. The van der Waals surface area contributed by atoms with E-state index in [1.54, 1.807) is 0 Å². The molecule has 3 N–H and O–H groups in total. The van der Waals surface area contributed by atoms with E-state index in [-0.39, 0.29) is 11.9 Å². The van der Waals surface area contributed by atoms with Gasteiger partial charge in [0, 0.05) is 0 Å². The third-order valence-corrected chi connectivity index (χ3v) is 3.16. The average Bonchev–Trinajstić information content (AvgIpc) is 2.38. The van der Waals surface area contributed by atoms with Crippen molar-refractivity contribution in [1.82, 2.24) is 5.32 Å². The summed E-state index contributed by atoms with van der Waals surface area (Å²) in [5, 5.41) is 3.08. The van der Waals surface area contributed by atoms with Crippen LogP contribution >= 0.6 is 0 Å². The molecule has 0 aliphatic heterocycles. The monoisotopic (exact) mass is 262 g/mol. The second-order valence-corrected chi connectivity index (χ2v) is 5.50. The number of amides is 1. The van der Waals surface area contributed by atoms with Crippen molar-refractivity contribution in [3.8, 4) is 0 Å². The molecule has 1 amide bonds. The normalized spacial score (nSPS) is 14.2. The maximum absolute atomic E-state index is 12.1. The first-order chi connectivity index (χ1) is 9.04. The summed E-state index contributed by atoms with van der Waals surface area (Å²) in [7, 11) is 0. The van der Waals surface area contributed by atoms with Gasteiger partial charge in [-0.15, -0.1) is 0 Å². The Morgan fingerprint density at radius 1 is 1.26 bits per heavy atom. The van der Waals surface area contributed by atoms with Crippen LogP contribution in [-0.4, -0.2) is 11.9 Å². The lowest BCUT2D eigenvalue weighted by Gasteiger charge is -2.21. The number of hydrogen-bond donors (Lipinski definition) is 2. The van der Waals surface area contributed by atoms with Crippen molar-refractivity contribution in [2.75, 3.05) is 0 Å². The molecular weight excluding hydrogens is 236 g/mol. The lowest BCUT2D eigenvalue weighted by atomic mass is 10.00. The second kappa shape index (κ2) is 7.95. The molecule has 1 rings (SSSR count). The molecular formula is C16H26N2O. The molecule has 106 valence electrons. The van der Waals surface area contributed by atoms with Crippen LogP contribution < -0.4 is 11.1 Å². The highest BCUT2D eigenvalue weighted by Gasteiger charge is 2.19. The smallest absolute Gasteiger partial charge is 0.237 e. The minimum absolute atomic E-state index is 0.0454. The molecule has 0 fully saturated rings. The Labute approximate surface area is 116 Å². The van der Waals surface area contributed by atoms with Crippen LogP contribution in [0.4, 0.5) is 0 Å². The van der Waals surface area contributed by atoms with E-state index in [1.165, 1.54) is 0 Å². The lowest BCUT2D eigenvalue weighted by Crippen LogP contribution is -2.42. The van der Waals surface area contributed by atoms with Crippen LogP contribution in [0.1, 0.15) is 51.6 Å². The van der Waals surface area contributed by atoms with Gasteiger partial charge in [-0.25, -0.2) is 0 Å². The van der Waals surface area contributed by atoms with Crippen LogP contribution in [0.15, 0.2) is 30.3 Å². The molecule has 0 aliphatic rings. The second-order valence-electron chi connectivity index (χ2n) is 5.50. The van der Waals surface area contributed by atoms with Crippen molar-refractivity contribution in [3.63, 3.8) is 0 Å². The van der Waals surface area contributed by atoms with Crippen molar-refractivity contribution in [2.24, 2.45) is 11.7 Å². The van der Waals surface area contributed by atoms with E-state index >= 15 is 0 Å². The summed E-state index contributed by atoms with van der Waals surface area (Å²) in [6.45, 7) is 6.28. The fourth-order valence-corrected chi connectivity index (χ4v) is 2.19. The average molecular weight is 262 g/mol. The van der Waals surface area contributed by atoms with Gasteiger partial charge in [0.25, 0.3) is 0 Å². The fourth-order valence-electron chi connectivity index (χ4n) is 2.19. The zero-order chi connectivity index (χ0) is 14.3. The van der Waals surface area contributed by atoms with Crippen LogP contribution in [0.5, 0.6) is 0 Å². The Morgan fingerprint density at radius 3 is 2.42 bits per heavy atom. The number of carbonyl (C=O) groups is 1. The summed E-state index contributed by atoms with van der Waals surface area (Å²) in [5.74, 6) is 0.387. The number of nitrogens with one attached hydrogen (secondary N) is 1. The number of nitrogens with two attached hydrogens (primary N) is 1. The highest BCUT2D eigenvalue weighted by atomic mass is 16.2. The molecule has 0 bridgehead atoms. The van der Waals surface area contributed by atoms with Gasteiger partial charge in [0.05, 0.1) is 12.1 Å². The van der Waals surface area contributed by atoms with Gasteiger partial charge >= 0.3 is 0 Å². The maximum atomic E-state index is 12.1. The molecule has 3 nitrogen and oxygen atoms in total. The largest absolute Gasteiger partial charge is 0.348 e. The van der Waals surface area contributed by atoms with Gasteiger partial charge in [0.15, 0.2) is 0 Å². The zero-order valence-corrected chi connectivity index (χ0v) is 12.2. The standard InChI is InChI=1S/C16H26N2O/c1-4-8-15(13-9-6-5-7-10-13)18-16(19)14(17)11-12(2)3/h5-7,9-10,12,14-15H,4,8,11,17H2,1-3H3,(H,18,19). The Hall–Kier alpha value is -1.35. The Morgan fingerprint density at radius 2 is 1.89 bits per heavy atom. The summed E-state index contributed by atoms with van der Waals surface area (Å²) in [6, 6.07) is 9.73. The quantitative estimate of drug-likeness (QED) is 0.793. The van der Waals surface area contributed by atoms with E-state index in [2.05, 4.69) is 38.2 Å². The SMILES string of the molecule is CCCC(NC(=O)C(N)CC(C)C)c1ccccc1. The first-order valence-corrected chi connectivity index (χ1v) is 7.15.